The van der Waals surface area contributed by atoms with Crippen molar-refractivity contribution in [2.24, 2.45) is 0 Å². The number of carbonyl (C=O) groups is 1. The molecule has 1 rings (SSSR count). The molecule has 1 fully saturated rings. The van der Waals surface area contributed by atoms with Gasteiger partial charge in [-0.1, -0.05) is 0 Å². The van der Waals surface area contributed by atoms with Gasteiger partial charge in [0.25, 0.3) is 0 Å². The molecule has 0 bridgehead atoms. The minimum Gasteiger partial charge on any atom is -0.348 e. The lowest BCUT2D eigenvalue weighted by molar-refractivity contribution is -0.117. The van der Waals surface area contributed by atoms with E-state index in [4.69, 9.17) is 0 Å². The van der Waals surface area contributed by atoms with Gasteiger partial charge in [-0.2, -0.15) is 0 Å². The molecule has 0 aromatic rings. The maximum atomic E-state index is 10.2. The normalized spacial score (nSPS) is 18.1. The van der Waals surface area contributed by atoms with Gasteiger partial charge < -0.3 is 9.80 Å². The summed E-state index contributed by atoms with van der Waals surface area (Å²) in [6.07, 6.45) is 4.70. The van der Waals surface area contributed by atoms with Crippen LogP contribution in [0.3, 0.4) is 0 Å². The molecule has 1 aliphatic rings. The van der Waals surface area contributed by atoms with E-state index in [1.54, 1.807) is 4.90 Å². The van der Waals surface area contributed by atoms with Gasteiger partial charge in [-0.25, -0.2) is 0 Å². The maximum absolute atomic E-state index is 10.2. The van der Waals surface area contributed by atoms with Gasteiger partial charge in [0.2, 0.25) is 6.41 Å². The van der Waals surface area contributed by atoms with Gasteiger partial charge in [-0.05, 0) is 38.9 Å². The minimum absolute atomic E-state index is 0.889. The number of carbonyl (C=O) groups excluding carboxylic acids is 1. The lowest BCUT2D eigenvalue weighted by atomic mass is 10.4. The van der Waals surface area contributed by atoms with E-state index in [2.05, 4.69) is 4.90 Å². The summed E-state index contributed by atoms with van der Waals surface area (Å²) in [4.78, 5) is 14.4. The smallest absolute Gasteiger partial charge is 0.209 e. The summed E-state index contributed by atoms with van der Waals surface area (Å²) in [7, 11) is 1.83. The van der Waals surface area contributed by atoms with Crippen LogP contribution < -0.4 is 0 Å². The van der Waals surface area contributed by atoms with Crippen LogP contribution in [0.4, 0.5) is 0 Å². The van der Waals surface area contributed by atoms with Crippen molar-refractivity contribution in [1.82, 2.24) is 9.80 Å². The van der Waals surface area contributed by atoms with Crippen LogP contribution in [0, 0.1) is 0 Å². The Balaban J connectivity index is 1.97. The first-order chi connectivity index (χ1) is 5.83. The Morgan fingerprint density at radius 1 is 1.42 bits per heavy atom. The number of amides is 1. The molecule has 0 N–H and O–H groups in total. The molecule has 1 heterocycles. The second-order valence-corrected chi connectivity index (χ2v) is 3.49. The van der Waals surface area contributed by atoms with E-state index in [0.717, 1.165) is 25.9 Å². The van der Waals surface area contributed by atoms with Crippen molar-refractivity contribution in [3.63, 3.8) is 0 Å². The van der Waals surface area contributed by atoms with Crippen LogP contribution in [-0.4, -0.2) is 49.4 Å². The molecule has 0 unspecified atom stereocenters. The van der Waals surface area contributed by atoms with E-state index >= 15 is 0 Å². The Morgan fingerprint density at radius 3 is 2.67 bits per heavy atom. The molecule has 0 spiro atoms. The molecule has 3 nitrogen and oxygen atoms in total. The molecule has 1 saturated heterocycles. The van der Waals surface area contributed by atoms with Crippen LogP contribution in [0.1, 0.15) is 19.3 Å². The molecule has 0 saturated carbocycles. The predicted octanol–water partition coefficient (Wildman–Crippen LogP) is 0.560. The second kappa shape index (κ2) is 5.14. The highest BCUT2D eigenvalue weighted by Gasteiger charge is 2.10. The van der Waals surface area contributed by atoms with Crippen molar-refractivity contribution in [2.75, 3.05) is 33.2 Å². The molecule has 3 heteroatoms. The van der Waals surface area contributed by atoms with Gasteiger partial charge in [-0.3, -0.25) is 4.79 Å². The van der Waals surface area contributed by atoms with E-state index < -0.39 is 0 Å². The Labute approximate surface area is 74.3 Å². The van der Waals surface area contributed by atoms with Crippen LogP contribution in [0.25, 0.3) is 0 Å². The number of nitrogens with zero attached hydrogens (tertiary/aromatic N) is 2. The first kappa shape index (κ1) is 9.52. The third kappa shape index (κ3) is 3.22. The standard InChI is InChI=1S/C9H18N2O/c1-10(9-12)5-4-8-11-6-2-3-7-11/h9H,2-8H2,1H3. The fourth-order valence-corrected chi connectivity index (χ4v) is 1.60. The molecule has 1 amide bonds. The highest BCUT2D eigenvalue weighted by Crippen LogP contribution is 2.07. The molecule has 70 valence electrons. The van der Waals surface area contributed by atoms with Crippen molar-refractivity contribution < 1.29 is 4.79 Å². The molecule has 0 aliphatic carbocycles. The first-order valence-electron chi connectivity index (χ1n) is 4.71. The molecule has 0 aromatic heterocycles. The van der Waals surface area contributed by atoms with Crippen LogP contribution >= 0.6 is 0 Å². The lowest BCUT2D eigenvalue weighted by Gasteiger charge is -2.16. The van der Waals surface area contributed by atoms with Gasteiger partial charge >= 0.3 is 0 Å². The highest BCUT2D eigenvalue weighted by molar-refractivity contribution is 5.46. The van der Waals surface area contributed by atoms with Crippen LogP contribution in [0.5, 0.6) is 0 Å². The lowest BCUT2D eigenvalue weighted by Crippen LogP contribution is -2.25. The van der Waals surface area contributed by atoms with E-state index in [9.17, 15) is 4.79 Å². The van der Waals surface area contributed by atoms with Crippen molar-refractivity contribution >= 4 is 6.41 Å². The third-order valence-corrected chi connectivity index (χ3v) is 2.36. The fourth-order valence-electron chi connectivity index (χ4n) is 1.60. The first-order valence-corrected chi connectivity index (χ1v) is 4.71. The van der Waals surface area contributed by atoms with Gasteiger partial charge in [-0.15, -0.1) is 0 Å². The van der Waals surface area contributed by atoms with Crippen LogP contribution in [0.15, 0.2) is 0 Å². The van der Waals surface area contributed by atoms with Crippen LogP contribution in [-0.2, 0) is 4.79 Å². The monoisotopic (exact) mass is 170 g/mol. The number of likely N-dealkylation sites (tertiary alicyclic amines) is 1. The zero-order valence-electron chi connectivity index (χ0n) is 7.83. The van der Waals surface area contributed by atoms with Gasteiger partial charge in [0.15, 0.2) is 0 Å². The number of hydrogen-bond acceptors (Lipinski definition) is 2. The average Bonchev–Trinajstić information content (AvgIpc) is 2.57. The summed E-state index contributed by atoms with van der Waals surface area (Å²) in [6.45, 7) is 4.55. The third-order valence-electron chi connectivity index (χ3n) is 2.36. The summed E-state index contributed by atoms with van der Waals surface area (Å²) in [5.41, 5.74) is 0. The second-order valence-electron chi connectivity index (χ2n) is 3.49. The molecule has 12 heavy (non-hydrogen) atoms. The SMILES string of the molecule is CN(C=O)CCCN1CCCC1. The molecule has 0 aromatic carbocycles. The Bertz CT molecular complexity index is 132. The maximum Gasteiger partial charge on any atom is 0.209 e. The highest BCUT2D eigenvalue weighted by atomic mass is 16.1. The fraction of sp³-hybridized carbons (Fsp3) is 0.889. The zero-order chi connectivity index (χ0) is 8.81. The molecular formula is C9H18N2O. The number of rotatable bonds is 5. The summed E-state index contributed by atoms with van der Waals surface area (Å²) in [5, 5.41) is 0. The minimum atomic E-state index is 0.889. The zero-order valence-corrected chi connectivity index (χ0v) is 7.83. The van der Waals surface area contributed by atoms with Crippen molar-refractivity contribution in [3.8, 4) is 0 Å². The van der Waals surface area contributed by atoms with Gasteiger partial charge in [0.05, 0.1) is 0 Å². The molecule has 0 radical (unpaired) electrons. The van der Waals surface area contributed by atoms with E-state index in [0.29, 0.717) is 0 Å². The molecule has 1 aliphatic heterocycles. The predicted molar refractivity (Wildman–Crippen MR) is 49.0 cm³/mol. The van der Waals surface area contributed by atoms with E-state index in [-0.39, 0.29) is 0 Å². The Kier molecular flexibility index (Phi) is 4.08. The average molecular weight is 170 g/mol. The summed E-state index contributed by atoms with van der Waals surface area (Å²) in [6, 6.07) is 0. The Hall–Kier alpha value is -0.570. The van der Waals surface area contributed by atoms with Crippen molar-refractivity contribution in [1.29, 1.82) is 0 Å². The number of hydrogen-bond donors (Lipinski definition) is 0. The largest absolute Gasteiger partial charge is 0.348 e. The van der Waals surface area contributed by atoms with E-state index in [1.807, 2.05) is 7.05 Å². The molecule has 0 atom stereocenters. The summed E-state index contributed by atoms with van der Waals surface area (Å²) in [5.74, 6) is 0. The topological polar surface area (TPSA) is 23.6 Å². The van der Waals surface area contributed by atoms with Gasteiger partial charge in [0.1, 0.15) is 0 Å². The van der Waals surface area contributed by atoms with Crippen molar-refractivity contribution in [2.45, 2.75) is 19.3 Å². The van der Waals surface area contributed by atoms with Crippen molar-refractivity contribution in [3.05, 3.63) is 0 Å². The van der Waals surface area contributed by atoms with Gasteiger partial charge in [0, 0.05) is 13.6 Å². The van der Waals surface area contributed by atoms with Crippen LogP contribution in [0.2, 0.25) is 0 Å². The van der Waals surface area contributed by atoms with E-state index in [1.165, 1.54) is 25.9 Å². The quantitative estimate of drug-likeness (QED) is 0.563. The summed E-state index contributed by atoms with van der Waals surface area (Å²) >= 11 is 0. The summed E-state index contributed by atoms with van der Waals surface area (Å²) < 4.78 is 0. The Morgan fingerprint density at radius 2 is 2.08 bits per heavy atom. The molecular weight excluding hydrogens is 152 g/mol.